The molecule has 9 nitrogen and oxygen atoms in total. The number of carbonyl (C=O) groups excluding carboxylic acids is 1. The second kappa shape index (κ2) is 10.8. The number of nitro groups is 1. The first-order valence-electron chi connectivity index (χ1n) is 9.35. The highest BCUT2D eigenvalue weighted by Gasteiger charge is 2.22. The average Bonchev–Trinajstić information content (AvgIpc) is 2.79. The zero-order valence-electron chi connectivity index (χ0n) is 16.9. The topological polar surface area (TPSA) is 115 Å². The number of hydrazone groups is 1. The van der Waals surface area contributed by atoms with Crippen LogP contribution in [0.25, 0.3) is 0 Å². The van der Waals surface area contributed by atoms with E-state index in [1.165, 1.54) is 25.5 Å². The molecule has 164 valence electrons. The van der Waals surface area contributed by atoms with Crippen LogP contribution >= 0.6 is 11.6 Å². The minimum Gasteiger partial charge on any atom is -0.493 e. The van der Waals surface area contributed by atoms with Crippen molar-refractivity contribution in [1.82, 2.24) is 5.43 Å². The third-order valence-electron chi connectivity index (χ3n) is 4.18. The quantitative estimate of drug-likeness (QED) is 0.282. The summed E-state index contributed by atoms with van der Waals surface area (Å²) in [5.74, 6) is 0.175. The minimum absolute atomic E-state index is 0.00643. The second-order valence-electron chi connectivity index (χ2n) is 6.43. The number of nitro benzene ring substituents is 1. The molecule has 0 aliphatic heterocycles. The van der Waals surface area contributed by atoms with Gasteiger partial charge in [0.1, 0.15) is 6.61 Å². The Bertz CT molecular complexity index is 1120. The van der Waals surface area contributed by atoms with Crippen LogP contribution in [0.5, 0.6) is 11.5 Å². The smallest absolute Gasteiger partial charge is 0.339 e. The summed E-state index contributed by atoms with van der Waals surface area (Å²) in [7, 11) is 1.38. The van der Waals surface area contributed by atoms with E-state index in [1.807, 2.05) is 30.3 Å². The lowest BCUT2D eigenvalue weighted by Gasteiger charge is -2.12. The van der Waals surface area contributed by atoms with Gasteiger partial charge in [-0.2, -0.15) is 5.10 Å². The normalized spacial score (nSPS) is 10.6. The predicted octanol–water partition coefficient (Wildman–Crippen LogP) is 4.99. The summed E-state index contributed by atoms with van der Waals surface area (Å²) in [6, 6.07) is 18.0. The Morgan fingerprint density at radius 3 is 2.53 bits per heavy atom. The summed E-state index contributed by atoms with van der Waals surface area (Å²) < 4.78 is 11.0. The Labute approximate surface area is 188 Å². The van der Waals surface area contributed by atoms with Crippen LogP contribution in [0.4, 0.5) is 16.2 Å². The Kier molecular flexibility index (Phi) is 7.60. The maximum atomic E-state index is 11.9. The molecule has 3 aromatic rings. The fraction of sp³-hybridized carbons (Fsp3) is 0.0909. The standard InChI is InChI=1S/C22H19ClN4O5/c1-31-20-12-16(13-24-26-22(28)25-18-9-7-17(23)8-10-18)11-19(27(29)30)21(20)32-14-15-5-3-2-4-6-15/h2-13H,14H2,1H3,(H2,25,26,28)/b24-13-. The van der Waals surface area contributed by atoms with E-state index < -0.39 is 11.0 Å². The van der Waals surface area contributed by atoms with Crippen LogP contribution in [-0.4, -0.2) is 24.3 Å². The summed E-state index contributed by atoms with van der Waals surface area (Å²) in [6.07, 6.45) is 1.26. The van der Waals surface area contributed by atoms with Crippen LogP contribution in [0.3, 0.4) is 0 Å². The lowest BCUT2D eigenvalue weighted by molar-refractivity contribution is -0.386. The number of rotatable bonds is 8. The van der Waals surface area contributed by atoms with E-state index in [2.05, 4.69) is 15.8 Å². The third kappa shape index (κ3) is 6.19. The van der Waals surface area contributed by atoms with E-state index in [9.17, 15) is 14.9 Å². The number of amides is 2. The molecule has 0 aromatic heterocycles. The van der Waals surface area contributed by atoms with Crippen LogP contribution in [-0.2, 0) is 6.61 Å². The average molecular weight is 455 g/mol. The Morgan fingerprint density at radius 2 is 1.88 bits per heavy atom. The second-order valence-corrected chi connectivity index (χ2v) is 6.87. The zero-order valence-corrected chi connectivity index (χ0v) is 17.7. The van der Waals surface area contributed by atoms with Crippen molar-refractivity contribution >= 4 is 35.2 Å². The molecule has 0 heterocycles. The Hall–Kier alpha value is -4.11. The highest BCUT2D eigenvalue weighted by molar-refractivity contribution is 6.30. The summed E-state index contributed by atoms with van der Waals surface area (Å²) in [5.41, 5.74) is 3.72. The Morgan fingerprint density at radius 1 is 1.16 bits per heavy atom. The van der Waals surface area contributed by atoms with Gasteiger partial charge >= 0.3 is 11.7 Å². The van der Waals surface area contributed by atoms with Crippen LogP contribution < -0.4 is 20.2 Å². The fourth-order valence-electron chi connectivity index (χ4n) is 2.70. The number of carbonyl (C=O) groups is 1. The van der Waals surface area contributed by atoms with E-state index in [1.54, 1.807) is 24.3 Å². The number of methoxy groups -OCH3 is 1. The summed E-state index contributed by atoms with van der Waals surface area (Å²) in [6.45, 7) is 0.137. The van der Waals surface area contributed by atoms with Crippen LogP contribution in [0.2, 0.25) is 5.02 Å². The molecule has 0 fully saturated rings. The van der Waals surface area contributed by atoms with Crippen molar-refractivity contribution in [3.63, 3.8) is 0 Å². The molecule has 3 aromatic carbocycles. The third-order valence-corrected chi connectivity index (χ3v) is 4.43. The van der Waals surface area contributed by atoms with Gasteiger partial charge in [0, 0.05) is 22.3 Å². The van der Waals surface area contributed by atoms with Gasteiger partial charge < -0.3 is 14.8 Å². The van der Waals surface area contributed by atoms with Gasteiger partial charge in [-0.25, -0.2) is 10.2 Å². The fourth-order valence-corrected chi connectivity index (χ4v) is 2.83. The number of hydrogen-bond acceptors (Lipinski definition) is 6. The van der Waals surface area contributed by atoms with Crippen molar-refractivity contribution in [3.8, 4) is 11.5 Å². The molecule has 3 rings (SSSR count). The van der Waals surface area contributed by atoms with Gasteiger partial charge in [-0.15, -0.1) is 0 Å². The van der Waals surface area contributed by atoms with Crippen molar-refractivity contribution in [2.75, 3.05) is 12.4 Å². The van der Waals surface area contributed by atoms with Gasteiger partial charge in [0.05, 0.1) is 18.2 Å². The maximum Gasteiger partial charge on any atom is 0.339 e. The van der Waals surface area contributed by atoms with Crippen LogP contribution in [0, 0.1) is 10.1 Å². The first-order valence-corrected chi connectivity index (χ1v) is 9.73. The number of hydrogen-bond donors (Lipinski definition) is 2. The number of nitrogens with one attached hydrogen (secondary N) is 2. The minimum atomic E-state index is -0.590. The lowest BCUT2D eigenvalue weighted by atomic mass is 10.1. The summed E-state index contributed by atoms with van der Waals surface area (Å²) >= 11 is 5.80. The van der Waals surface area contributed by atoms with Gasteiger partial charge in [0.2, 0.25) is 5.75 Å². The number of urea groups is 1. The van der Waals surface area contributed by atoms with Crippen LogP contribution in [0.15, 0.2) is 71.8 Å². The molecular weight excluding hydrogens is 436 g/mol. The highest BCUT2D eigenvalue weighted by atomic mass is 35.5. The first-order chi connectivity index (χ1) is 15.5. The van der Waals surface area contributed by atoms with Gasteiger partial charge in [0.25, 0.3) is 0 Å². The molecule has 32 heavy (non-hydrogen) atoms. The first kappa shape index (κ1) is 22.6. The molecule has 0 radical (unpaired) electrons. The number of benzene rings is 3. The molecule has 2 N–H and O–H groups in total. The van der Waals surface area contributed by atoms with Crippen molar-refractivity contribution in [3.05, 3.63) is 93.0 Å². The molecule has 0 aliphatic rings. The van der Waals surface area contributed by atoms with Gasteiger partial charge in [-0.3, -0.25) is 10.1 Å². The monoisotopic (exact) mass is 454 g/mol. The molecule has 0 spiro atoms. The molecule has 0 saturated carbocycles. The molecule has 10 heteroatoms. The zero-order chi connectivity index (χ0) is 22.9. The van der Waals surface area contributed by atoms with E-state index in [0.29, 0.717) is 16.3 Å². The van der Waals surface area contributed by atoms with E-state index >= 15 is 0 Å². The number of ether oxygens (including phenoxy) is 2. The largest absolute Gasteiger partial charge is 0.493 e. The maximum absolute atomic E-state index is 11.9. The Balaban J connectivity index is 1.72. The lowest BCUT2D eigenvalue weighted by Crippen LogP contribution is -2.24. The van der Waals surface area contributed by atoms with E-state index in [4.69, 9.17) is 21.1 Å². The molecule has 0 atom stereocenters. The van der Waals surface area contributed by atoms with Crippen molar-refractivity contribution in [2.24, 2.45) is 5.10 Å². The molecule has 0 aliphatic carbocycles. The number of anilines is 1. The molecule has 0 bridgehead atoms. The van der Waals surface area contributed by atoms with Crippen LogP contribution in [0.1, 0.15) is 11.1 Å². The molecule has 0 unspecified atom stereocenters. The number of nitrogens with zero attached hydrogens (tertiary/aromatic N) is 2. The predicted molar refractivity (Wildman–Crippen MR) is 122 cm³/mol. The number of halogens is 1. The van der Waals surface area contributed by atoms with Crippen molar-refractivity contribution < 1.29 is 19.2 Å². The van der Waals surface area contributed by atoms with Gasteiger partial charge in [-0.05, 0) is 35.9 Å². The molecular formula is C22H19ClN4O5. The van der Waals surface area contributed by atoms with Crippen molar-refractivity contribution in [2.45, 2.75) is 6.61 Å². The summed E-state index contributed by atoms with van der Waals surface area (Å²) in [4.78, 5) is 23.0. The summed E-state index contributed by atoms with van der Waals surface area (Å²) in [5, 5.41) is 18.5. The highest BCUT2D eigenvalue weighted by Crippen LogP contribution is 2.38. The van der Waals surface area contributed by atoms with E-state index in [0.717, 1.165) is 5.56 Å². The van der Waals surface area contributed by atoms with Gasteiger partial charge in [-0.1, -0.05) is 41.9 Å². The van der Waals surface area contributed by atoms with Gasteiger partial charge in [0.15, 0.2) is 5.75 Å². The molecule has 0 saturated heterocycles. The molecule has 2 amide bonds. The SMILES string of the molecule is COc1cc(/C=N\NC(=O)Nc2ccc(Cl)cc2)cc([N+](=O)[O-])c1OCc1ccccc1. The van der Waals surface area contributed by atoms with Crippen molar-refractivity contribution in [1.29, 1.82) is 0 Å². The van der Waals surface area contributed by atoms with E-state index in [-0.39, 0.29) is 23.8 Å².